The zero-order chi connectivity index (χ0) is 20.4. The van der Waals surface area contributed by atoms with Crippen LogP contribution in [0.4, 0.5) is 5.69 Å². The molecule has 4 aromatic rings. The first-order valence-electron chi connectivity index (χ1n) is 8.99. The van der Waals surface area contributed by atoms with Gasteiger partial charge in [-0.15, -0.1) is 11.3 Å². The van der Waals surface area contributed by atoms with Crippen LogP contribution in [0, 0.1) is 25.2 Å². The van der Waals surface area contributed by atoms with Crippen LogP contribution in [-0.2, 0) is 0 Å². The fourth-order valence-corrected chi connectivity index (χ4v) is 3.75. The predicted molar refractivity (Wildman–Crippen MR) is 117 cm³/mol. The number of aryl methyl sites for hydroxylation is 1. The molecule has 2 heterocycles. The number of rotatable bonds is 4. The van der Waals surface area contributed by atoms with Gasteiger partial charge in [-0.2, -0.15) is 5.26 Å². The van der Waals surface area contributed by atoms with Gasteiger partial charge in [0.2, 0.25) is 0 Å². The lowest BCUT2D eigenvalue weighted by molar-refractivity contribution is 0.563. The maximum absolute atomic E-state index is 12.4. The minimum atomic E-state index is -0.448. The molecule has 4 rings (SSSR count). The van der Waals surface area contributed by atoms with Crippen molar-refractivity contribution in [2.45, 2.75) is 13.8 Å². The molecule has 2 aromatic carbocycles. The van der Waals surface area contributed by atoms with Crippen molar-refractivity contribution in [2.75, 3.05) is 5.32 Å². The molecule has 6 heteroatoms. The van der Waals surface area contributed by atoms with Gasteiger partial charge in [0.05, 0.1) is 11.3 Å². The summed E-state index contributed by atoms with van der Waals surface area (Å²) < 4.78 is 5.39. The third kappa shape index (κ3) is 3.68. The summed E-state index contributed by atoms with van der Waals surface area (Å²) in [6.07, 6.45) is 1.65. The minimum absolute atomic E-state index is 0.381. The van der Waals surface area contributed by atoms with Crippen molar-refractivity contribution in [2.24, 2.45) is 0 Å². The molecule has 5 nitrogen and oxygen atoms in total. The number of para-hydroxylation sites is 1. The molecule has 0 atom stereocenters. The molecule has 0 saturated carbocycles. The second kappa shape index (κ2) is 7.74. The SMILES string of the molecule is Cc1cccc(N/C=C(\C#N)c2nc(-c3cc4ccccc4oc3=O)cs2)c1C. The number of anilines is 1. The Kier molecular flexibility index (Phi) is 4.98. The van der Waals surface area contributed by atoms with Gasteiger partial charge in [-0.1, -0.05) is 30.3 Å². The zero-order valence-electron chi connectivity index (χ0n) is 15.9. The quantitative estimate of drug-likeness (QED) is 0.362. The van der Waals surface area contributed by atoms with Crippen molar-refractivity contribution in [3.8, 4) is 17.3 Å². The molecule has 0 radical (unpaired) electrons. The zero-order valence-corrected chi connectivity index (χ0v) is 16.7. The van der Waals surface area contributed by atoms with Crippen LogP contribution in [0.25, 0.3) is 27.8 Å². The van der Waals surface area contributed by atoms with Crippen LogP contribution in [0.15, 0.2) is 69.3 Å². The van der Waals surface area contributed by atoms with E-state index < -0.39 is 5.63 Å². The largest absolute Gasteiger partial charge is 0.422 e. The molecule has 0 fully saturated rings. The lowest BCUT2D eigenvalue weighted by Crippen LogP contribution is -2.03. The van der Waals surface area contributed by atoms with Crippen molar-refractivity contribution in [1.82, 2.24) is 4.98 Å². The standard InChI is InChI=1S/C23H17N3O2S/c1-14-6-5-8-19(15(14)2)25-12-17(11-24)22-26-20(13-29-22)18-10-16-7-3-4-9-21(16)28-23(18)27/h3-10,12-13,25H,1-2H3/b17-12+. The van der Waals surface area contributed by atoms with Crippen LogP contribution in [0.5, 0.6) is 0 Å². The summed E-state index contributed by atoms with van der Waals surface area (Å²) in [6, 6.07) is 17.2. The summed E-state index contributed by atoms with van der Waals surface area (Å²) in [5, 5.41) is 15.9. The number of hydrogen-bond donors (Lipinski definition) is 1. The summed E-state index contributed by atoms with van der Waals surface area (Å²) >= 11 is 1.31. The van der Waals surface area contributed by atoms with Crippen LogP contribution in [0.2, 0.25) is 0 Å². The second-order valence-electron chi connectivity index (χ2n) is 6.58. The van der Waals surface area contributed by atoms with Gasteiger partial charge in [-0.3, -0.25) is 0 Å². The van der Waals surface area contributed by atoms with E-state index in [1.54, 1.807) is 23.7 Å². The molecule has 0 aliphatic carbocycles. The molecule has 0 unspecified atom stereocenters. The topological polar surface area (TPSA) is 78.9 Å². The fraction of sp³-hybridized carbons (Fsp3) is 0.0870. The summed E-state index contributed by atoms with van der Waals surface area (Å²) in [7, 11) is 0. The van der Waals surface area contributed by atoms with Gasteiger partial charge in [0.25, 0.3) is 0 Å². The Morgan fingerprint density at radius 3 is 2.86 bits per heavy atom. The number of nitrogens with one attached hydrogen (secondary N) is 1. The average molecular weight is 399 g/mol. The van der Waals surface area contributed by atoms with E-state index in [2.05, 4.69) is 16.4 Å². The third-order valence-corrected chi connectivity index (χ3v) is 5.62. The van der Waals surface area contributed by atoms with E-state index >= 15 is 0 Å². The number of nitriles is 1. The number of thiazole rings is 1. The van der Waals surface area contributed by atoms with Crippen molar-refractivity contribution < 1.29 is 4.42 Å². The molecule has 2 aromatic heterocycles. The number of nitrogens with zero attached hydrogens (tertiary/aromatic N) is 2. The summed E-state index contributed by atoms with van der Waals surface area (Å²) in [4.78, 5) is 16.9. The van der Waals surface area contributed by atoms with Gasteiger partial charge in [-0.05, 0) is 43.2 Å². The Morgan fingerprint density at radius 1 is 1.21 bits per heavy atom. The van der Waals surface area contributed by atoms with Gasteiger partial charge >= 0.3 is 5.63 Å². The smallest absolute Gasteiger partial charge is 0.345 e. The van der Waals surface area contributed by atoms with Gasteiger partial charge < -0.3 is 9.73 Å². The number of aromatic nitrogens is 1. The minimum Gasteiger partial charge on any atom is -0.422 e. The number of allylic oxidation sites excluding steroid dienone is 1. The number of hydrogen-bond acceptors (Lipinski definition) is 6. The van der Waals surface area contributed by atoms with Crippen molar-refractivity contribution in [1.29, 1.82) is 5.26 Å². The molecule has 0 bridgehead atoms. The molecule has 29 heavy (non-hydrogen) atoms. The van der Waals surface area contributed by atoms with Crippen molar-refractivity contribution in [3.63, 3.8) is 0 Å². The summed E-state index contributed by atoms with van der Waals surface area (Å²) in [6.45, 7) is 4.07. The highest BCUT2D eigenvalue weighted by molar-refractivity contribution is 7.11. The molecule has 0 aliphatic heterocycles. The number of benzene rings is 2. The first kappa shape index (κ1) is 18.7. The maximum Gasteiger partial charge on any atom is 0.345 e. The average Bonchev–Trinajstić information content (AvgIpc) is 3.20. The Morgan fingerprint density at radius 2 is 2.03 bits per heavy atom. The van der Waals surface area contributed by atoms with Crippen LogP contribution < -0.4 is 10.9 Å². The molecule has 142 valence electrons. The Bertz CT molecular complexity index is 1340. The Labute approximate surface area is 171 Å². The molecule has 0 amide bonds. The van der Waals surface area contributed by atoms with Crippen LogP contribution in [0.3, 0.4) is 0 Å². The lowest BCUT2D eigenvalue weighted by atomic mass is 10.1. The molecular formula is C23H17N3O2S. The summed E-state index contributed by atoms with van der Waals surface area (Å²) in [5.41, 5.74) is 4.58. The first-order chi connectivity index (χ1) is 14.1. The highest BCUT2D eigenvalue weighted by atomic mass is 32.1. The van der Waals surface area contributed by atoms with Crippen LogP contribution >= 0.6 is 11.3 Å². The Hall–Kier alpha value is -3.69. The van der Waals surface area contributed by atoms with Gasteiger partial charge in [-0.25, -0.2) is 9.78 Å². The van der Waals surface area contributed by atoms with Crippen molar-refractivity contribution in [3.05, 3.63) is 86.7 Å². The normalized spacial score (nSPS) is 11.4. The van der Waals surface area contributed by atoms with E-state index in [0.717, 1.165) is 16.6 Å². The Balaban J connectivity index is 1.67. The van der Waals surface area contributed by atoms with Gasteiger partial charge in [0.15, 0.2) is 0 Å². The van der Waals surface area contributed by atoms with E-state index in [-0.39, 0.29) is 0 Å². The third-order valence-electron chi connectivity index (χ3n) is 4.75. The highest BCUT2D eigenvalue weighted by Crippen LogP contribution is 2.27. The molecular weight excluding hydrogens is 382 g/mol. The molecule has 1 N–H and O–H groups in total. The van der Waals surface area contributed by atoms with E-state index in [0.29, 0.717) is 27.4 Å². The maximum atomic E-state index is 12.4. The first-order valence-corrected chi connectivity index (χ1v) is 9.87. The molecule has 0 spiro atoms. The van der Waals surface area contributed by atoms with Crippen LogP contribution in [0.1, 0.15) is 16.1 Å². The second-order valence-corrected chi connectivity index (χ2v) is 7.44. The van der Waals surface area contributed by atoms with E-state index in [1.807, 2.05) is 50.2 Å². The highest BCUT2D eigenvalue weighted by Gasteiger charge is 2.14. The van der Waals surface area contributed by atoms with Crippen molar-refractivity contribution >= 4 is 33.6 Å². The predicted octanol–water partition coefficient (Wildman–Crippen LogP) is 5.51. The fourth-order valence-electron chi connectivity index (χ4n) is 2.96. The van der Waals surface area contributed by atoms with Crippen LogP contribution in [-0.4, -0.2) is 4.98 Å². The molecule has 0 aliphatic rings. The summed E-state index contributed by atoms with van der Waals surface area (Å²) in [5.74, 6) is 0. The van der Waals surface area contributed by atoms with E-state index in [4.69, 9.17) is 4.42 Å². The van der Waals surface area contributed by atoms with Gasteiger partial charge in [0.1, 0.15) is 22.2 Å². The monoisotopic (exact) mass is 399 g/mol. The molecule has 0 saturated heterocycles. The van der Waals surface area contributed by atoms with E-state index in [9.17, 15) is 10.1 Å². The lowest BCUT2D eigenvalue weighted by Gasteiger charge is -2.08. The van der Waals surface area contributed by atoms with E-state index in [1.165, 1.54) is 16.9 Å². The van der Waals surface area contributed by atoms with Gasteiger partial charge in [0, 0.05) is 22.7 Å². The number of fused-ring (bicyclic) bond motifs is 1.